The molecule has 152 valence electrons. The zero-order chi connectivity index (χ0) is 21.1. The number of nitrogens with zero attached hydrogens (tertiary/aromatic N) is 1. The first kappa shape index (κ1) is 20.3. The van der Waals surface area contributed by atoms with E-state index in [4.69, 9.17) is 16.6 Å². The van der Waals surface area contributed by atoms with Crippen molar-refractivity contribution in [3.05, 3.63) is 86.0 Å². The Kier molecular flexibility index (Phi) is 5.96. The lowest BCUT2D eigenvalue weighted by Gasteiger charge is -2.08. The van der Waals surface area contributed by atoms with Gasteiger partial charge in [0.05, 0.1) is 17.4 Å². The second kappa shape index (κ2) is 8.81. The van der Waals surface area contributed by atoms with Crippen molar-refractivity contribution < 1.29 is 9.21 Å². The van der Waals surface area contributed by atoms with Crippen molar-refractivity contribution in [1.29, 1.82) is 0 Å². The van der Waals surface area contributed by atoms with Crippen LogP contribution in [-0.2, 0) is 17.9 Å². The van der Waals surface area contributed by atoms with Crippen molar-refractivity contribution in [3.8, 4) is 11.3 Å². The zero-order valence-corrected chi connectivity index (χ0v) is 18.3. The molecule has 0 atom stereocenters. The third-order valence-electron chi connectivity index (χ3n) is 4.70. The number of H-pyrrole nitrogens is 1. The lowest BCUT2D eigenvalue weighted by molar-refractivity contribution is -0.121. The highest BCUT2D eigenvalue weighted by molar-refractivity contribution is 9.10. The van der Waals surface area contributed by atoms with Crippen LogP contribution in [0.4, 0.5) is 0 Å². The normalized spacial score (nSPS) is 11.0. The smallest absolute Gasteiger partial charge is 0.262 e. The monoisotopic (exact) mass is 483 g/mol. The molecular weight excluding hydrogens is 466 g/mol. The van der Waals surface area contributed by atoms with Crippen LogP contribution in [0.5, 0.6) is 0 Å². The second-order valence-electron chi connectivity index (χ2n) is 6.73. The van der Waals surface area contributed by atoms with Crippen LogP contribution in [0.2, 0.25) is 0 Å². The van der Waals surface area contributed by atoms with E-state index in [9.17, 15) is 9.59 Å². The van der Waals surface area contributed by atoms with Crippen LogP contribution in [-0.4, -0.2) is 15.5 Å². The molecular formula is C22H18BrN3O3S. The molecule has 4 aromatic rings. The fraction of sp³-hybridized carbons (Fsp3) is 0.136. The highest BCUT2D eigenvalue weighted by Crippen LogP contribution is 2.23. The van der Waals surface area contributed by atoms with Gasteiger partial charge in [0.2, 0.25) is 5.91 Å². The van der Waals surface area contributed by atoms with E-state index in [0.717, 1.165) is 15.8 Å². The number of nitrogens with one attached hydrogen (secondary N) is 2. The van der Waals surface area contributed by atoms with Gasteiger partial charge in [-0.05, 0) is 48.6 Å². The molecule has 0 saturated carbocycles. The number of aromatic amines is 1. The lowest BCUT2D eigenvalue weighted by Crippen LogP contribution is -2.28. The summed E-state index contributed by atoms with van der Waals surface area (Å²) < 4.78 is 8.51. The number of carbonyl (C=O) groups is 1. The third-order valence-corrected chi connectivity index (χ3v) is 5.55. The molecule has 2 heterocycles. The fourth-order valence-corrected chi connectivity index (χ4v) is 3.68. The van der Waals surface area contributed by atoms with Gasteiger partial charge in [0.15, 0.2) is 4.77 Å². The van der Waals surface area contributed by atoms with E-state index >= 15 is 0 Å². The molecule has 0 unspecified atom stereocenters. The molecule has 6 nitrogen and oxygen atoms in total. The molecule has 0 radical (unpaired) electrons. The topological polar surface area (TPSA) is 80.0 Å². The van der Waals surface area contributed by atoms with Gasteiger partial charge < -0.3 is 14.7 Å². The average molecular weight is 484 g/mol. The number of rotatable bonds is 6. The molecule has 4 rings (SSSR count). The Balaban J connectivity index is 1.37. The molecule has 0 bridgehead atoms. The van der Waals surface area contributed by atoms with E-state index in [1.807, 2.05) is 42.5 Å². The van der Waals surface area contributed by atoms with Crippen LogP contribution < -0.4 is 10.9 Å². The maximum absolute atomic E-state index is 12.6. The fourth-order valence-electron chi connectivity index (χ4n) is 3.13. The van der Waals surface area contributed by atoms with Crippen LogP contribution in [0.25, 0.3) is 22.2 Å². The van der Waals surface area contributed by atoms with Gasteiger partial charge in [0.25, 0.3) is 5.56 Å². The van der Waals surface area contributed by atoms with E-state index in [1.54, 1.807) is 18.2 Å². The minimum atomic E-state index is -0.202. The molecule has 0 aliphatic carbocycles. The number of fused-ring (bicyclic) bond motifs is 1. The molecule has 2 aromatic heterocycles. The van der Waals surface area contributed by atoms with Crippen LogP contribution >= 0.6 is 28.1 Å². The van der Waals surface area contributed by atoms with Crippen LogP contribution in [0.1, 0.15) is 12.2 Å². The number of hydrogen-bond donors (Lipinski definition) is 2. The van der Waals surface area contributed by atoms with E-state index in [1.165, 1.54) is 4.57 Å². The van der Waals surface area contributed by atoms with Gasteiger partial charge in [0.1, 0.15) is 11.5 Å². The molecule has 0 aliphatic rings. The van der Waals surface area contributed by atoms with Gasteiger partial charge in [-0.15, -0.1) is 0 Å². The number of para-hydroxylation sites is 1. The third kappa shape index (κ3) is 4.44. The zero-order valence-electron chi connectivity index (χ0n) is 15.9. The molecule has 2 aromatic carbocycles. The standard InChI is InChI=1S/C22H18BrN3O3S/c23-15-7-5-14(6-8-15)19-10-9-16(29-19)13-24-20(27)11-12-26-21(28)17-3-1-2-4-18(17)25-22(26)30/h1-10H,11-13H2,(H,24,27)(H,25,30). The van der Waals surface area contributed by atoms with Crippen molar-refractivity contribution in [2.75, 3.05) is 0 Å². The summed E-state index contributed by atoms with van der Waals surface area (Å²) in [5.41, 5.74) is 1.45. The summed E-state index contributed by atoms with van der Waals surface area (Å²) in [6.45, 7) is 0.474. The molecule has 8 heteroatoms. The van der Waals surface area contributed by atoms with E-state index in [2.05, 4.69) is 26.2 Å². The SMILES string of the molecule is O=C(CCn1c(=S)[nH]c2ccccc2c1=O)NCc1ccc(-c2ccc(Br)cc2)o1. The van der Waals surface area contributed by atoms with Crippen molar-refractivity contribution >= 4 is 45.0 Å². The summed E-state index contributed by atoms with van der Waals surface area (Å²) in [5, 5.41) is 3.36. The number of amides is 1. The quantitative estimate of drug-likeness (QED) is 0.386. The Morgan fingerprint density at radius 1 is 1.10 bits per heavy atom. The highest BCUT2D eigenvalue weighted by Gasteiger charge is 2.09. The van der Waals surface area contributed by atoms with Gasteiger partial charge in [0, 0.05) is 23.0 Å². The summed E-state index contributed by atoms with van der Waals surface area (Å²) in [7, 11) is 0. The summed E-state index contributed by atoms with van der Waals surface area (Å²) in [6.07, 6.45) is 0.135. The maximum Gasteiger partial charge on any atom is 0.262 e. The van der Waals surface area contributed by atoms with Gasteiger partial charge >= 0.3 is 0 Å². The van der Waals surface area contributed by atoms with Gasteiger partial charge in [-0.1, -0.05) is 40.2 Å². The molecule has 0 spiro atoms. The first-order valence-electron chi connectivity index (χ1n) is 9.34. The Bertz CT molecular complexity index is 1320. The summed E-state index contributed by atoms with van der Waals surface area (Å²) in [6, 6.07) is 18.7. The summed E-state index contributed by atoms with van der Waals surface area (Å²) in [5.74, 6) is 1.20. The molecule has 1 amide bonds. The maximum atomic E-state index is 12.6. The van der Waals surface area contributed by atoms with Gasteiger partial charge in [-0.25, -0.2) is 0 Å². The van der Waals surface area contributed by atoms with Crippen molar-refractivity contribution in [3.63, 3.8) is 0 Å². The predicted molar refractivity (Wildman–Crippen MR) is 122 cm³/mol. The number of aromatic nitrogens is 2. The first-order chi connectivity index (χ1) is 14.5. The molecule has 0 aliphatic heterocycles. The van der Waals surface area contributed by atoms with E-state index in [0.29, 0.717) is 21.4 Å². The summed E-state index contributed by atoms with van der Waals surface area (Å²) >= 11 is 8.68. The molecule has 0 saturated heterocycles. The number of carbonyl (C=O) groups excluding carboxylic acids is 1. The number of furan rings is 1. The Labute approximate surface area is 185 Å². The van der Waals surface area contributed by atoms with E-state index in [-0.39, 0.29) is 31.0 Å². The molecule has 2 N–H and O–H groups in total. The Morgan fingerprint density at radius 2 is 1.87 bits per heavy atom. The highest BCUT2D eigenvalue weighted by atomic mass is 79.9. The van der Waals surface area contributed by atoms with Crippen molar-refractivity contribution in [1.82, 2.24) is 14.9 Å². The number of hydrogen-bond acceptors (Lipinski definition) is 4. The van der Waals surface area contributed by atoms with Crippen LogP contribution in [0, 0.1) is 4.77 Å². The van der Waals surface area contributed by atoms with Gasteiger partial charge in [-0.3, -0.25) is 14.2 Å². The van der Waals surface area contributed by atoms with Crippen LogP contribution in [0.15, 0.2) is 74.3 Å². The lowest BCUT2D eigenvalue weighted by atomic mass is 10.2. The number of halogens is 1. The first-order valence-corrected chi connectivity index (χ1v) is 10.5. The largest absolute Gasteiger partial charge is 0.459 e. The van der Waals surface area contributed by atoms with Gasteiger partial charge in [-0.2, -0.15) is 0 Å². The average Bonchev–Trinajstić information content (AvgIpc) is 3.21. The Morgan fingerprint density at radius 3 is 2.67 bits per heavy atom. The minimum absolute atomic E-state index is 0.135. The minimum Gasteiger partial charge on any atom is -0.459 e. The predicted octanol–water partition coefficient (Wildman–Crippen LogP) is 4.79. The number of benzene rings is 2. The molecule has 0 fully saturated rings. The Hall–Kier alpha value is -2.97. The van der Waals surface area contributed by atoms with Crippen molar-refractivity contribution in [2.45, 2.75) is 19.5 Å². The second-order valence-corrected chi connectivity index (χ2v) is 8.03. The van der Waals surface area contributed by atoms with Crippen molar-refractivity contribution in [2.24, 2.45) is 0 Å². The van der Waals surface area contributed by atoms with Crippen LogP contribution in [0.3, 0.4) is 0 Å². The van der Waals surface area contributed by atoms with E-state index < -0.39 is 0 Å². The molecule has 30 heavy (non-hydrogen) atoms. The summed E-state index contributed by atoms with van der Waals surface area (Å²) in [4.78, 5) is 27.9.